The Morgan fingerprint density at radius 2 is 2.29 bits per heavy atom. The van der Waals surface area contributed by atoms with Crippen LogP contribution in [0, 0.1) is 6.92 Å². The van der Waals surface area contributed by atoms with Crippen LogP contribution in [0.25, 0.3) is 0 Å². The molecular formula is C12H14N2OS2. The quantitative estimate of drug-likeness (QED) is 0.780. The Labute approximate surface area is 109 Å². The number of aryl methyl sites for hydroxylation is 1. The molecule has 2 rings (SSSR count). The molecule has 3 nitrogen and oxygen atoms in total. The predicted octanol–water partition coefficient (Wildman–Crippen LogP) is 2.83. The lowest BCUT2D eigenvalue weighted by atomic mass is 10.3. The lowest BCUT2D eigenvalue weighted by Gasteiger charge is -2.14. The van der Waals surface area contributed by atoms with E-state index in [0.717, 1.165) is 17.1 Å². The Morgan fingerprint density at radius 3 is 2.88 bits per heavy atom. The molecule has 0 radical (unpaired) electrons. The van der Waals surface area contributed by atoms with Gasteiger partial charge in [0.25, 0.3) is 0 Å². The summed E-state index contributed by atoms with van der Waals surface area (Å²) in [5.74, 6) is 0.185. The fraction of sp³-hybridized carbons (Fsp3) is 0.333. The standard InChI is InChI=1S/C12H14N2OS2/c1-9-12(17-8-13-9)7-14(2)6-10(15)11-4-3-5-16-11/h3-5,8H,6-7H2,1-2H3. The van der Waals surface area contributed by atoms with Gasteiger partial charge in [-0.2, -0.15) is 0 Å². The predicted molar refractivity (Wildman–Crippen MR) is 71.8 cm³/mol. The van der Waals surface area contributed by atoms with Crippen LogP contribution < -0.4 is 0 Å². The van der Waals surface area contributed by atoms with Gasteiger partial charge in [-0.15, -0.1) is 22.7 Å². The molecule has 0 saturated carbocycles. The first-order chi connectivity index (χ1) is 8.16. The highest BCUT2D eigenvalue weighted by Crippen LogP contribution is 2.15. The van der Waals surface area contributed by atoms with Gasteiger partial charge >= 0.3 is 0 Å². The van der Waals surface area contributed by atoms with E-state index in [-0.39, 0.29) is 5.78 Å². The number of nitrogens with zero attached hydrogens (tertiary/aromatic N) is 2. The Bertz CT molecular complexity index is 490. The molecule has 0 amide bonds. The molecule has 0 aliphatic rings. The minimum Gasteiger partial charge on any atom is -0.294 e. The number of Topliss-reactive ketones (excluding diaryl/α,β-unsaturated/α-hetero) is 1. The Kier molecular flexibility index (Phi) is 4.04. The number of hydrogen-bond donors (Lipinski definition) is 0. The van der Waals surface area contributed by atoms with Crippen LogP contribution in [0.15, 0.2) is 23.0 Å². The average Bonchev–Trinajstić information content (AvgIpc) is 2.90. The normalized spacial score (nSPS) is 11.0. The third-order valence-corrected chi connectivity index (χ3v) is 4.30. The van der Waals surface area contributed by atoms with Gasteiger partial charge in [-0.1, -0.05) is 6.07 Å². The summed E-state index contributed by atoms with van der Waals surface area (Å²) in [6.45, 7) is 3.24. The summed E-state index contributed by atoms with van der Waals surface area (Å²) in [5.41, 5.74) is 2.91. The molecule has 0 aliphatic carbocycles. The Balaban J connectivity index is 1.92. The first-order valence-electron chi connectivity index (χ1n) is 5.31. The zero-order valence-electron chi connectivity index (χ0n) is 9.84. The second kappa shape index (κ2) is 5.53. The van der Waals surface area contributed by atoms with E-state index in [1.807, 2.05) is 41.9 Å². The summed E-state index contributed by atoms with van der Waals surface area (Å²) >= 11 is 3.14. The number of carbonyl (C=O) groups is 1. The smallest absolute Gasteiger partial charge is 0.186 e. The largest absolute Gasteiger partial charge is 0.294 e. The number of rotatable bonds is 5. The van der Waals surface area contributed by atoms with E-state index >= 15 is 0 Å². The van der Waals surface area contributed by atoms with Crippen molar-refractivity contribution in [3.8, 4) is 0 Å². The number of ketones is 1. The van der Waals surface area contributed by atoms with Crippen molar-refractivity contribution in [1.82, 2.24) is 9.88 Å². The molecule has 0 fully saturated rings. The van der Waals surface area contributed by atoms with E-state index in [9.17, 15) is 4.79 Å². The van der Waals surface area contributed by atoms with E-state index in [2.05, 4.69) is 4.98 Å². The van der Waals surface area contributed by atoms with E-state index in [0.29, 0.717) is 6.54 Å². The molecule has 0 spiro atoms. The molecule has 5 heteroatoms. The molecule has 90 valence electrons. The molecular weight excluding hydrogens is 252 g/mol. The zero-order valence-corrected chi connectivity index (χ0v) is 11.5. The lowest BCUT2D eigenvalue weighted by Crippen LogP contribution is -2.25. The number of thiazole rings is 1. The number of aromatic nitrogens is 1. The van der Waals surface area contributed by atoms with E-state index in [4.69, 9.17) is 0 Å². The third kappa shape index (κ3) is 3.21. The summed E-state index contributed by atoms with van der Waals surface area (Å²) in [7, 11) is 1.96. The topological polar surface area (TPSA) is 33.2 Å². The van der Waals surface area contributed by atoms with Gasteiger partial charge in [-0.25, -0.2) is 4.98 Å². The molecule has 0 saturated heterocycles. The van der Waals surface area contributed by atoms with Crippen molar-refractivity contribution < 1.29 is 4.79 Å². The van der Waals surface area contributed by atoms with Crippen LogP contribution in [-0.4, -0.2) is 29.3 Å². The molecule has 0 unspecified atom stereocenters. The number of carbonyl (C=O) groups excluding carboxylic acids is 1. The van der Waals surface area contributed by atoms with Crippen LogP contribution in [0.3, 0.4) is 0 Å². The molecule has 2 aromatic heterocycles. The molecule has 0 N–H and O–H groups in total. The monoisotopic (exact) mass is 266 g/mol. The maximum Gasteiger partial charge on any atom is 0.186 e. The highest BCUT2D eigenvalue weighted by Gasteiger charge is 2.12. The second-order valence-electron chi connectivity index (χ2n) is 3.93. The van der Waals surface area contributed by atoms with E-state index in [1.165, 1.54) is 16.2 Å². The van der Waals surface area contributed by atoms with Gasteiger partial charge in [0.15, 0.2) is 5.78 Å². The highest BCUT2D eigenvalue weighted by atomic mass is 32.1. The van der Waals surface area contributed by atoms with Gasteiger partial charge < -0.3 is 0 Å². The fourth-order valence-corrected chi connectivity index (χ4v) is 3.05. The minimum atomic E-state index is 0.185. The summed E-state index contributed by atoms with van der Waals surface area (Å²) in [6.07, 6.45) is 0. The van der Waals surface area contributed by atoms with Crippen LogP contribution in [0.5, 0.6) is 0 Å². The molecule has 0 aromatic carbocycles. The van der Waals surface area contributed by atoms with E-state index < -0.39 is 0 Å². The van der Waals surface area contributed by atoms with Gasteiger partial charge in [0.2, 0.25) is 0 Å². The van der Waals surface area contributed by atoms with Crippen molar-refractivity contribution in [1.29, 1.82) is 0 Å². The number of thiophene rings is 1. The average molecular weight is 266 g/mol. The van der Waals surface area contributed by atoms with Crippen LogP contribution >= 0.6 is 22.7 Å². The van der Waals surface area contributed by atoms with Crippen LogP contribution in [0.4, 0.5) is 0 Å². The van der Waals surface area contributed by atoms with Crippen LogP contribution in [-0.2, 0) is 6.54 Å². The Morgan fingerprint density at radius 1 is 1.47 bits per heavy atom. The SMILES string of the molecule is Cc1ncsc1CN(C)CC(=O)c1cccs1. The van der Waals surface area contributed by atoms with Gasteiger partial charge in [0.1, 0.15) is 0 Å². The maximum absolute atomic E-state index is 11.9. The van der Waals surface area contributed by atoms with Crippen molar-refractivity contribution in [3.63, 3.8) is 0 Å². The molecule has 17 heavy (non-hydrogen) atoms. The number of hydrogen-bond acceptors (Lipinski definition) is 5. The van der Waals surface area contributed by atoms with Crippen LogP contribution in [0.2, 0.25) is 0 Å². The van der Waals surface area contributed by atoms with Crippen molar-refractivity contribution >= 4 is 28.5 Å². The van der Waals surface area contributed by atoms with Crippen molar-refractivity contribution in [2.24, 2.45) is 0 Å². The van der Waals surface area contributed by atoms with E-state index in [1.54, 1.807) is 11.3 Å². The van der Waals surface area contributed by atoms with Gasteiger partial charge in [0, 0.05) is 11.4 Å². The Hall–Kier alpha value is -1.04. The van der Waals surface area contributed by atoms with Crippen molar-refractivity contribution in [2.45, 2.75) is 13.5 Å². The zero-order chi connectivity index (χ0) is 12.3. The van der Waals surface area contributed by atoms with Gasteiger partial charge in [-0.05, 0) is 25.4 Å². The van der Waals surface area contributed by atoms with Gasteiger partial charge in [-0.3, -0.25) is 9.69 Å². The van der Waals surface area contributed by atoms with Crippen molar-refractivity contribution in [2.75, 3.05) is 13.6 Å². The van der Waals surface area contributed by atoms with Gasteiger partial charge in [0.05, 0.1) is 22.6 Å². The highest BCUT2D eigenvalue weighted by molar-refractivity contribution is 7.12. The summed E-state index contributed by atoms with van der Waals surface area (Å²) in [5, 5.41) is 1.93. The lowest BCUT2D eigenvalue weighted by molar-refractivity contribution is 0.0947. The summed E-state index contributed by atoms with van der Waals surface area (Å²) in [4.78, 5) is 20.2. The van der Waals surface area contributed by atoms with Crippen LogP contribution in [0.1, 0.15) is 20.2 Å². The molecule has 0 aliphatic heterocycles. The molecule has 0 atom stereocenters. The third-order valence-electron chi connectivity index (χ3n) is 2.47. The second-order valence-corrected chi connectivity index (χ2v) is 5.82. The number of likely N-dealkylation sites (N-methyl/N-ethyl adjacent to an activating group) is 1. The van der Waals surface area contributed by atoms with Crippen molar-refractivity contribution in [3.05, 3.63) is 38.5 Å². The summed E-state index contributed by atoms with van der Waals surface area (Å²) < 4.78 is 0. The summed E-state index contributed by atoms with van der Waals surface area (Å²) in [6, 6.07) is 3.78. The maximum atomic E-state index is 11.9. The fourth-order valence-electron chi connectivity index (χ4n) is 1.54. The molecule has 0 bridgehead atoms. The molecule has 2 aromatic rings. The first-order valence-corrected chi connectivity index (χ1v) is 7.07. The molecule has 2 heterocycles. The minimum absolute atomic E-state index is 0.185. The first kappa shape index (κ1) is 12.4.